The maximum atomic E-state index is 5.85. The predicted molar refractivity (Wildman–Crippen MR) is 90.3 cm³/mol. The molecule has 0 saturated heterocycles. The minimum Gasteiger partial charge on any atom is -0.369 e. The quantitative estimate of drug-likeness (QED) is 0.815. The van der Waals surface area contributed by atoms with E-state index in [9.17, 15) is 0 Å². The normalized spacial score (nSPS) is 21.6. The molecule has 1 fully saturated rings. The number of imidazole rings is 1. The van der Waals surface area contributed by atoms with Crippen molar-refractivity contribution >= 4 is 11.3 Å². The number of hydrogen-bond acceptors (Lipinski definition) is 5. The molecule has 124 valence electrons. The van der Waals surface area contributed by atoms with Crippen LogP contribution in [0.25, 0.3) is 0 Å². The topological polar surface area (TPSA) is 43.2 Å². The van der Waals surface area contributed by atoms with E-state index in [1.165, 1.54) is 30.9 Å². The van der Waals surface area contributed by atoms with E-state index in [0.29, 0.717) is 19.3 Å². The zero-order chi connectivity index (χ0) is 15.8. The number of aryl methyl sites for hydroxylation is 1. The molecule has 1 aliphatic carbocycles. The second-order valence-corrected chi connectivity index (χ2v) is 7.79. The minimum absolute atomic E-state index is 0.416. The van der Waals surface area contributed by atoms with E-state index in [2.05, 4.69) is 31.7 Å². The van der Waals surface area contributed by atoms with E-state index in [4.69, 9.17) is 4.74 Å². The van der Waals surface area contributed by atoms with Crippen LogP contribution in [0.4, 0.5) is 0 Å². The average molecular weight is 332 g/mol. The fourth-order valence-corrected chi connectivity index (χ4v) is 3.93. The highest BCUT2D eigenvalue weighted by atomic mass is 32.1. The van der Waals surface area contributed by atoms with Crippen LogP contribution in [-0.2, 0) is 24.5 Å². The monoisotopic (exact) mass is 332 g/mol. The van der Waals surface area contributed by atoms with Gasteiger partial charge in [-0.2, -0.15) is 0 Å². The summed E-state index contributed by atoms with van der Waals surface area (Å²) < 4.78 is 8.20. The zero-order valence-corrected chi connectivity index (χ0v) is 14.7. The van der Waals surface area contributed by atoms with Gasteiger partial charge in [0.2, 0.25) is 0 Å². The van der Waals surface area contributed by atoms with E-state index in [1.54, 1.807) is 11.3 Å². The summed E-state index contributed by atoms with van der Waals surface area (Å²) in [4.78, 5) is 11.7. The van der Waals surface area contributed by atoms with Crippen molar-refractivity contribution in [2.75, 3.05) is 13.1 Å². The van der Waals surface area contributed by atoms with Crippen LogP contribution in [0, 0.1) is 12.8 Å². The number of ether oxygens (including phenoxy) is 1. The van der Waals surface area contributed by atoms with Crippen molar-refractivity contribution in [1.29, 1.82) is 0 Å². The second kappa shape index (κ2) is 6.34. The molecule has 0 unspecified atom stereocenters. The molecule has 0 amide bonds. The first-order valence-electron chi connectivity index (χ1n) is 8.48. The number of thiazole rings is 1. The predicted octanol–water partition coefficient (Wildman–Crippen LogP) is 3.15. The van der Waals surface area contributed by atoms with E-state index in [-0.39, 0.29) is 0 Å². The van der Waals surface area contributed by atoms with Crippen molar-refractivity contribution in [1.82, 2.24) is 19.4 Å². The first-order valence-corrected chi connectivity index (χ1v) is 9.36. The van der Waals surface area contributed by atoms with Gasteiger partial charge in [0.15, 0.2) is 0 Å². The molecule has 23 heavy (non-hydrogen) atoms. The Kier molecular flexibility index (Phi) is 4.22. The van der Waals surface area contributed by atoms with Crippen LogP contribution in [0.3, 0.4) is 0 Å². The summed E-state index contributed by atoms with van der Waals surface area (Å²) >= 11 is 1.67. The minimum atomic E-state index is 0.416. The molecule has 1 saturated carbocycles. The Balaban J connectivity index is 1.37. The zero-order valence-electron chi connectivity index (χ0n) is 13.9. The molecule has 5 nitrogen and oxygen atoms in total. The highest BCUT2D eigenvalue weighted by Crippen LogP contribution is 2.34. The first-order chi connectivity index (χ1) is 11.2. The molecule has 1 atom stereocenters. The van der Waals surface area contributed by atoms with Gasteiger partial charge in [-0.15, -0.1) is 11.3 Å². The Bertz CT molecular complexity index is 676. The van der Waals surface area contributed by atoms with Gasteiger partial charge < -0.3 is 9.30 Å². The molecule has 1 aliphatic heterocycles. The molecule has 6 heteroatoms. The molecule has 3 heterocycles. The lowest BCUT2D eigenvalue weighted by atomic mass is 10.2. The third kappa shape index (κ3) is 3.34. The van der Waals surface area contributed by atoms with Gasteiger partial charge in [0.05, 0.1) is 41.8 Å². The van der Waals surface area contributed by atoms with Gasteiger partial charge in [-0.05, 0) is 32.6 Å². The highest BCUT2D eigenvalue weighted by Gasteiger charge is 2.31. The van der Waals surface area contributed by atoms with E-state index >= 15 is 0 Å². The SMILES string of the molecule is Cc1nc(COCc2cnc3n2CCN(CC2CC2)[C@@H]3C)cs1. The lowest BCUT2D eigenvalue weighted by Crippen LogP contribution is -2.38. The van der Waals surface area contributed by atoms with E-state index in [1.807, 2.05) is 13.1 Å². The average Bonchev–Trinajstić information content (AvgIpc) is 3.11. The molecule has 2 aliphatic rings. The summed E-state index contributed by atoms with van der Waals surface area (Å²) in [6.45, 7) is 8.88. The number of aromatic nitrogens is 3. The fraction of sp³-hybridized carbons (Fsp3) is 0.647. The summed E-state index contributed by atoms with van der Waals surface area (Å²) in [7, 11) is 0. The maximum absolute atomic E-state index is 5.85. The lowest BCUT2D eigenvalue weighted by molar-refractivity contribution is 0.0953. The smallest absolute Gasteiger partial charge is 0.126 e. The molecular formula is C17H24N4OS. The van der Waals surface area contributed by atoms with Crippen molar-refractivity contribution in [3.8, 4) is 0 Å². The molecule has 0 N–H and O–H groups in total. The summed E-state index contributed by atoms with van der Waals surface area (Å²) in [6, 6.07) is 0.416. The Hall–Kier alpha value is -1.24. The molecule has 0 bridgehead atoms. The highest BCUT2D eigenvalue weighted by molar-refractivity contribution is 7.09. The molecule has 0 spiro atoms. The van der Waals surface area contributed by atoms with Crippen LogP contribution in [0.5, 0.6) is 0 Å². The number of hydrogen-bond donors (Lipinski definition) is 0. The summed E-state index contributed by atoms with van der Waals surface area (Å²) in [5, 5.41) is 3.16. The van der Waals surface area contributed by atoms with Crippen LogP contribution in [-0.4, -0.2) is 32.5 Å². The van der Waals surface area contributed by atoms with Crippen LogP contribution in [0.1, 0.15) is 48.0 Å². The Morgan fingerprint density at radius 2 is 2.17 bits per heavy atom. The standard InChI is InChI=1S/C17H24N4OS/c1-12-17-18-7-16(10-22-9-15-11-23-13(2)19-15)21(17)6-5-20(12)8-14-3-4-14/h7,11-12,14H,3-6,8-10H2,1-2H3/t12-/m1/s1. The largest absolute Gasteiger partial charge is 0.369 e. The summed E-state index contributed by atoms with van der Waals surface area (Å²) in [5.74, 6) is 2.13. The first kappa shape index (κ1) is 15.3. The lowest BCUT2D eigenvalue weighted by Gasteiger charge is -2.34. The second-order valence-electron chi connectivity index (χ2n) is 6.72. The Labute approximate surface area is 141 Å². The number of nitrogens with zero attached hydrogens (tertiary/aromatic N) is 4. The van der Waals surface area contributed by atoms with Crippen molar-refractivity contribution in [3.63, 3.8) is 0 Å². The van der Waals surface area contributed by atoms with Crippen molar-refractivity contribution < 1.29 is 4.74 Å². The van der Waals surface area contributed by atoms with Crippen molar-refractivity contribution in [2.24, 2.45) is 5.92 Å². The van der Waals surface area contributed by atoms with Gasteiger partial charge in [-0.1, -0.05) is 0 Å². The van der Waals surface area contributed by atoms with E-state index in [0.717, 1.165) is 29.7 Å². The molecular weight excluding hydrogens is 308 g/mol. The summed E-state index contributed by atoms with van der Waals surface area (Å²) in [5.41, 5.74) is 2.21. The van der Waals surface area contributed by atoms with Crippen LogP contribution < -0.4 is 0 Å². The number of rotatable bonds is 6. The molecule has 0 aromatic carbocycles. The van der Waals surface area contributed by atoms with Gasteiger partial charge in [-0.3, -0.25) is 4.90 Å². The Morgan fingerprint density at radius 1 is 1.30 bits per heavy atom. The van der Waals surface area contributed by atoms with Crippen LogP contribution in [0.2, 0.25) is 0 Å². The molecule has 4 rings (SSSR count). The van der Waals surface area contributed by atoms with Crippen molar-refractivity contribution in [3.05, 3.63) is 33.8 Å². The van der Waals surface area contributed by atoms with Gasteiger partial charge in [0.1, 0.15) is 5.82 Å². The van der Waals surface area contributed by atoms with E-state index < -0.39 is 0 Å². The third-order valence-corrected chi connectivity index (χ3v) is 5.68. The third-order valence-electron chi connectivity index (χ3n) is 4.86. The molecule has 2 aromatic rings. The summed E-state index contributed by atoms with van der Waals surface area (Å²) in [6.07, 6.45) is 4.80. The Morgan fingerprint density at radius 3 is 2.91 bits per heavy atom. The molecule has 2 aromatic heterocycles. The number of fused-ring (bicyclic) bond motifs is 1. The van der Waals surface area contributed by atoms with Gasteiger partial charge in [0.25, 0.3) is 0 Å². The van der Waals surface area contributed by atoms with Crippen molar-refractivity contribution in [2.45, 2.75) is 52.5 Å². The molecule has 0 radical (unpaired) electrons. The van der Waals surface area contributed by atoms with Gasteiger partial charge in [0, 0.05) is 25.0 Å². The van der Waals surface area contributed by atoms with Crippen LogP contribution >= 0.6 is 11.3 Å². The van der Waals surface area contributed by atoms with Gasteiger partial charge >= 0.3 is 0 Å². The maximum Gasteiger partial charge on any atom is 0.126 e. The van der Waals surface area contributed by atoms with Crippen LogP contribution in [0.15, 0.2) is 11.6 Å². The van der Waals surface area contributed by atoms with Gasteiger partial charge in [-0.25, -0.2) is 9.97 Å². The fourth-order valence-electron chi connectivity index (χ4n) is 3.34.